The summed E-state index contributed by atoms with van der Waals surface area (Å²) in [4.78, 5) is 0. The SMILES string of the molecule is Cc1ccc(Oc2cccc3ccccc23)c(C(=N)N)c1. The quantitative estimate of drug-likeness (QED) is 0.555. The van der Waals surface area contributed by atoms with Crippen LogP contribution in [0.1, 0.15) is 11.1 Å². The molecule has 0 spiro atoms. The van der Waals surface area contributed by atoms with Gasteiger partial charge in [0.05, 0.1) is 5.56 Å². The zero-order valence-corrected chi connectivity index (χ0v) is 11.8. The fourth-order valence-corrected chi connectivity index (χ4v) is 2.35. The molecule has 3 rings (SSSR count). The highest BCUT2D eigenvalue weighted by atomic mass is 16.5. The number of hydrogen-bond donors (Lipinski definition) is 2. The number of fused-ring (bicyclic) bond motifs is 1. The largest absolute Gasteiger partial charge is 0.456 e. The van der Waals surface area contributed by atoms with Gasteiger partial charge < -0.3 is 10.5 Å². The molecule has 0 aliphatic heterocycles. The predicted octanol–water partition coefficient (Wildman–Crippen LogP) is 4.22. The highest BCUT2D eigenvalue weighted by Crippen LogP contribution is 2.31. The monoisotopic (exact) mass is 276 g/mol. The minimum atomic E-state index is 0.00827. The Morgan fingerprint density at radius 3 is 2.52 bits per heavy atom. The highest BCUT2D eigenvalue weighted by Gasteiger charge is 2.09. The van der Waals surface area contributed by atoms with Gasteiger partial charge in [-0.2, -0.15) is 0 Å². The maximum absolute atomic E-state index is 7.70. The Kier molecular flexibility index (Phi) is 3.32. The van der Waals surface area contributed by atoms with E-state index in [2.05, 4.69) is 0 Å². The normalized spacial score (nSPS) is 10.5. The number of nitrogen functional groups attached to an aromatic ring is 1. The van der Waals surface area contributed by atoms with Crippen molar-refractivity contribution in [2.24, 2.45) is 5.73 Å². The fourth-order valence-electron chi connectivity index (χ4n) is 2.35. The van der Waals surface area contributed by atoms with Crippen molar-refractivity contribution in [3.8, 4) is 11.5 Å². The number of benzene rings is 3. The van der Waals surface area contributed by atoms with Gasteiger partial charge >= 0.3 is 0 Å². The summed E-state index contributed by atoms with van der Waals surface area (Å²) in [5, 5.41) is 9.85. The van der Waals surface area contributed by atoms with Crippen molar-refractivity contribution in [2.45, 2.75) is 6.92 Å². The third-order valence-corrected chi connectivity index (χ3v) is 3.39. The van der Waals surface area contributed by atoms with E-state index in [1.807, 2.05) is 67.6 Å². The van der Waals surface area contributed by atoms with Gasteiger partial charge in [0.25, 0.3) is 0 Å². The Labute approximate surface area is 123 Å². The van der Waals surface area contributed by atoms with Crippen LogP contribution in [0.2, 0.25) is 0 Å². The van der Waals surface area contributed by atoms with Crippen LogP contribution in [0.15, 0.2) is 60.7 Å². The van der Waals surface area contributed by atoms with Crippen LogP contribution in [-0.2, 0) is 0 Å². The summed E-state index contributed by atoms with van der Waals surface area (Å²) in [6, 6.07) is 19.6. The summed E-state index contributed by atoms with van der Waals surface area (Å²) >= 11 is 0. The molecule has 3 nitrogen and oxygen atoms in total. The van der Waals surface area contributed by atoms with E-state index in [4.69, 9.17) is 15.9 Å². The molecule has 21 heavy (non-hydrogen) atoms. The summed E-state index contributed by atoms with van der Waals surface area (Å²) in [5.74, 6) is 1.37. The molecular weight excluding hydrogens is 260 g/mol. The average molecular weight is 276 g/mol. The third kappa shape index (κ3) is 2.58. The lowest BCUT2D eigenvalue weighted by molar-refractivity contribution is 0.487. The Bertz CT molecular complexity index is 819. The first-order valence-electron chi connectivity index (χ1n) is 6.76. The second-order valence-electron chi connectivity index (χ2n) is 4.99. The van der Waals surface area contributed by atoms with Crippen molar-refractivity contribution >= 4 is 16.6 Å². The molecule has 0 bridgehead atoms. The molecule has 0 heterocycles. The van der Waals surface area contributed by atoms with Crippen molar-refractivity contribution in [1.29, 1.82) is 5.41 Å². The Balaban J connectivity index is 2.09. The van der Waals surface area contributed by atoms with Gasteiger partial charge in [-0.25, -0.2) is 0 Å². The van der Waals surface area contributed by atoms with Crippen LogP contribution < -0.4 is 10.5 Å². The molecular formula is C18H16N2O. The average Bonchev–Trinajstić information content (AvgIpc) is 2.49. The van der Waals surface area contributed by atoms with E-state index in [0.29, 0.717) is 11.3 Å². The molecule has 3 heteroatoms. The van der Waals surface area contributed by atoms with Gasteiger partial charge in [-0.05, 0) is 30.5 Å². The van der Waals surface area contributed by atoms with E-state index in [9.17, 15) is 0 Å². The Morgan fingerprint density at radius 1 is 0.952 bits per heavy atom. The molecule has 0 aliphatic rings. The topological polar surface area (TPSA) is 59.1 Å². The molecule has 3 aromatic carbocycles. The summed E-state index contributed by atoms with van der Waals surface area (Å²) < 4.78 is 6.02. The molecule has 0 fully saturated rings. The van der Waals surface area contributed by atoms with E-state index >= 15 is 0 Å². The first kappa shape index (κ1) is 13.2. The molecule has 0 aromatic heterocycles. The van der Waals surface area contributed by atoms with Crippen LogP contribution in [0.25, 0.3) is 10.8 Å². The zero-order valence-electron chi connectivity index (χ0n) is 11.8. The first-order chi connectivity index (χ1) is 10.1. The fraction of sp³-hybridized carbons (Fsp3) is 0.0556. The second-order valence-corrected chi connectivity index (χ2v) is 4.99. The number of aryl methyl sites for hydroxylation is 1. The van der Waals surface area contributed by atoms with Crippen LogP contribution in [-0.4, -0.2) is 5.84 Å². The standard InChI is InChI=1S/C18H16N2O/c1-12-9-10-17(15(11-12)18(19)20)21-16-8-4-6-13-5-2-3-7-14(13)16/h2-11H,1H3,(H3,19,20). The van der Waals surface area contributed by atoms with E-state index in [1.54, 1.807) is 0 Å². The van der Waals surface area contributed by atoms with Gasteiger partial charge in [-0.1, -0.05) is 48.0 Å². The van der Waals surface area contributed by atoms with E-state index in [1.165, 1.54) is 0 Å². The molecule has 0 radical (unpaired) electrons. The number of nitrogens with one attached hydrogen (secondary N) is 1. The lowest BCUT2D eigenvalue weighted by Crippen LogP contribution is -2.12. The van der Waals surface area contributed by atoms with Crippen molar-refractivity contribution in [3.63, 3.8) is 0 Å². The Morgan fingerprint density at radius 2 is 1.71 bits per heavy atom. The molecule has 0 atom stereocenters. The van der Waals surface area contributed by atoms with Crippen molar-refractivity contribution < 1.29 is 4.74 Å². The molecule has 0 aliphatic carbocycles. The predicted molar refractivity (Wildman–Crippen MR) is 86.2 cm³/mol. The minimum absolute atomic E-state index is 0.00827. The van der Waals surface area contributed by atoms with Crippen LogP contribution in [0.3, 0.4) is 0 Å². The molecule has 0 unspecified atom stereocenters. The van der Waals surface area contributed by atoms with Gasteiger partial charge in [0, 0.05) is 5.39 Å². The molecule has 0 saturated carbocycles. The molecule has 0 amide bonds. The van der Waals surface area contributed by atoms with Gasteiger partial charge in [-0.15, -0.1) is 0 Å². The maximum Gasteiger partial charge on any atom is 0.138 e. The van der Waals surface area contributed by atoms with Gasteiger partial charge in [0.1, 0.15) is 17.3 Å². The number of amidine groups is 1. The van der Waals surface area contributed by atoms with Crippen LogP contribution in [0.4, 0.5) is 0 Å². The number of nitrogens with two attached hydrogens (primary N) is 1. The van der Waals surface area contributed by atoms with Crippen LogP contribution >= 0.6 is 0 Å². The lowest BCUT2D eigenvalue weighted by Gasteiger charge is -2.13. The first-order valence-corrected chi connectivity index (χ1v) is 6.76. The second kappa shape index (κ2) is 5.29. The zero-order chi connectivity index (χ0) is 14.8. The highest BCUT2D eigenvalue weighted by molar-refractivity contribution is 5.98. The van der Waals surface area contributed by atoms with E-state index in [-0.39, 0.29) is 5.84 Å². The van der Waals surface area contributed by atoms with Crippen molar-refractivity contribution in [1.82, 2.24) is 0 Å². The van der Waals surface area contributed by atoms with Crippen LogP contribution in [0.5, 0.6) is 11.5 Å². The van der Waals surface area contributed by atoms with Crippen molar-refractivity contribution in [2.75, 3.05) is 0 Å². The van der Waals surface area contributed by atoms with Gasteiger partial charge in [0.15, 0.2) is 0 Å². The Hall–Kier alpha value is -2.81. The lowest BCUT2D eigenvalue weighted by atomic mass is 10.1. The molecule has 104 valence electrons. The van der Waals surface area contributed by atoms with E-state index in [0.717, 1.165) is 22.1 Å². The number of ether oxygens (including phenoxy) is 1. The molecule has 3 N–H and O–H groups in total. The van der Waals surface area contributed by atoms with Gasteiger partial charge in [-0.3, -0.25) is 5.41 Å². The minimum Gasteiger partial charge on any atom is -0.456 e. The summed E-state index contributed by atoms with van der Waals surface area (Å²) in [6.07, 6.45) is 0. The smallest absolute Gasteiger partial charge is 0.138 e. The summed E-state index contributed by atoms with van der Waals surface area (Å²) in [7, 11) is 0. The van der Waals surface area contributed by atoms with E-state index < -0.39 is 0 Å². The summed E-state index contributed by atoms with van der Waals surface area (Å²) in [6.45, 7) is 1.97. The van der Waals surface area contributed by atoms with Crippen LogP contribution in [0, 0.1) is 12.3 Å². The maximum atomic E-state index is 7.70. The summed E-state index contributed by atoms with van der Waals surface area (Å²) in [5.41, 5.74) is 7.31. The number of rotatable bonds is 3. The van der Waals surface area contributed by atoms with Crippen molar-refractivity contribution in [3.05, 3.63) is 71.8 Å². The van der Waals surface area contributed by atoms with Gasteiger partial charge in [0.2, 0.25) is 0 Å². The third-order valence-electron chi connectivity index (χ3n) is 3.39. The molecule has 0 saturated heterocycles. The molecule has 3 aromatic rings. The number of hydrogen-bond acceptors (Lipinski definition) is 2.